The molecule has 5 heteroatoms. The van der Waals surface area contributed by atoms with Crippen molar-refractivity contribution in [1.29, 1.82) is 0 Å². The lowest BCUT2D eigenvalue weighted by molar-refractivity contribution is -0.161. The molecule has 2 N–H and O–H groups in total. The zero-order valence-corrected chi connectivity index (χ0v) is 6.74. The van der Waals surface area contributed by atoms with Crippen LogP contribution in [0.1, 0.15) is 6.42 Å². The molecule has 0 aromatic carbocycles. The fraction of sp³-hybridized carbons (Fsp3) is 0.500. The first-order valence-electron chi connectivity index (χ1n) is 3.77. The molecular formula is C8H9F4N. The summed E-state index contributed by atoms with van der Waals surface area (Å²) in [5.41, 5.74) is 5.27. The topological polar surface area (TPSA) is 26.0 Å². The molecule has 0 fully saturated rings. The Morgan fingerprint density at radius 3 is 2.46 bits per heavy atom. The molecule has 1 aliphatic rings. The standard InChI is InChI=1S/C8H9F4N/c9-7-3-6(8(10,11)12)2-1-5(7)4-13/h1-2,6H,3-4,13H2. The van der Waals surface area contributed by atoms with E-state index in [4.69, 9.17) is 5.73 Å². The maximum Gasteiger partial charge on any atom is 0.395 e. The number of alkyl halides is 3. The van der Waals surface area contributed by atoms with Crippen LogP contribution in [0, 0.1) is 5.92 Å². The molecule has 0 radical (unpaired) electrons. The van der Waals surface area contributed by atoms with E-state index in [2.05, 4.69) is 0 Å². The highest BCUT2D eigenvalue weighted by Crippen LogP contribution is 2.36. The first kappa shape index (κ1) is 10.2. The highest BCUT2D eigenvalue weighted by molar-refractivity contribution is 5.28. The molecule has 13 heavy (non-hydrogen) atoms. The van der Waals surface area contributed by atoms with Crippen LogP contribution < -0.4 is 5.73 Å². The van der Waals surface area contributed by atoms with Gasteiger partial charge in [-0.3, -0.25) is 0 Å². The number of hydrogen-bond acceptors (Lipinski definition) is 1. The van der Waals surface area contributed by atoms with E-state index in [-0.39, 0.29) is 12.1 Å². The lowest BCUT2D eigenvalue weighted by Crippen LogP contribution is -2.23. The van der Waals surface area contributed by atoms with Gasteiger partial charge in [-0.25, -0.2) is 4.39 Å². The minimum absolute atomic E-state index is 0.0626. The Morgan fingerprint density at radius 1 is 1.46 bits per heavy atom. The Labute approximate surface area is 72.9 Å². The molecular weight excluding hydrogens is 186 g/mol. The summed E-state index contributed by atoms with van der Waals surface area (Å²) < 4.78 is 49.1. The van der Waals surface area contributed by atoms with E-state index in [1.54, 1.807) is 0 Å². The summed E-state index contributed by atoms with van der Waals surface area (Å²) in [6.45, 7) is -0.0626. The van der Waals surface area contributed by atoms with Crippen LogP contribution >= 0.6 is 0 Å². The summed E-state index contributed by atoms with van der Waals surface area (Å²) in [4.78, 5) is 0. The summed E-state index contributed by atoms with van der Waals surface area (Å²) >= 11 is 0. The molecule has 0 aliphatic heterocycles. The van der Waals surface area contributed by atoms with Crippen LogP contribution in [0.15, 0.2) is 23.6 Å². The van der Waals surface area contributed by atoms with Gasteiger partial charge in [-0.15, -0.1) is 0 Å². The Kier molecular flexibility index (Phi) is 2.75. The van der Waals surface area contributed by atoms with Crippen LogP contribution in [0.4, 0.5) is 17.6 Å². The van der Waals surface area contributed by atoms with Crippen LogP contribution in [-0.4, -0.2) is 12.7 Å². The molecule has 0 amide bonds. The van der Waals surface area contributed by atoms with Crippen LogP contribution in [-0.2, 0) is 0 Å². The summed E-state index contributed by atoms with van der Waals surface area (Å²) in [5.74, 6) is -2.46. The Hall–Kier alpha value is -0.840. The van der Waals surface area contributed by atoms with E-state index in [0.29, 0.717) is 0 Å². The van der Waals surface area contributed by atoms with Gasteiger partial charge in [-0.05, 0) is 5.57 Å². The van der Waals surface area contributed by atoms with Crippen molar-refractivity contribution in [2.24, 2.45) is 11.7 Å². The van der Waals surface area contributed by atoms with Crippen molar-refractivity contribution >= 4 is 0 Å². The van der Waals surface area contributed by atoms with Gasteiger partial charge < -0.3 is 5.73 Å². The van der Waals surface area contributed by atoms with Gasteiger partial charge in [0.2, 0.25) is 0 Å². The van der Waals surface area contributed by atoms with E-state index < -0.39 is 24.3 Å². The first-order chi connectivity index (χ1) is 5.95. The highest BCUT2D eigenvalue weighted by Gasteiger charge is 2.39. The van der Waals surface area contributed by atoms with Gasteiger partial charge in [0.1, 0.15) is 5.83 Å². The number of halogens is 4. The van der Waals surface area contributed by atoms with E-state index in [1.165, 1.54) is 0 Å². The second-order valence-electron chi connectivity index (χ2n) is 2.85. The third kappa shape index (κ3) is 2.30. The SMILES string of the molecule is NCC1=C(F)CC(C(F)(F)F)C=C1. The quantitative estimate of drug-likeness (QED) is 0.638. The van der Waals surface area contributed by atoms with Crippen molar-refractivity contribution in [2.75, 3.05) is 6.54 Å². The Bertz CT molecular complexity index is 251. The van der Waals surface area contributed by atoms with Crippen LogP contribution in [0.2, 0.25) is 0 Å². The minimum Gasteiger partial charge on any atom is -0.326 e. The number of rotatable bonds is 1. The van der Waals surface area contributed by atoms with Crippen molar-refractivity contribution in [2.45, 2.75) is 12.6 Å². The van der Waals surface area contributed by atoms with Gasteiger partial charge >= 0.3 is 6.18 Å². The minimum atomic E-state index is -4.37. The molecule has 0 aromatic heterocycles. The lowest BCUT2D eigenvalue weighted by Gasteiger charge is -2.20. The second-order valence-corrected chi connectivity index (χ2v) is 2.85. The van der Waals surface area contributed by atoms with Crippen LogP contribution in [0.25, 0.3) is 0 Å². The Balaban J connectivity index is 2.76. The predicted molar refractivity (Wildman–Crippen MR) is 40.5 cm³/mol. The largest absolute Gasteiger partial charge is 0.395 e. The summed E-state index contributed by atoms with van der Waals surface area (Å²) in [6, 6.07) is 0. The number of nitrogens with two attached hydrogens (primary N) is 1. The fourth-order valence-corrected chi connectivity index (χ4v) is 1.12. The van der Waals surface area contributed by atoms with Crippen molar-refractivity contribution in [3.63, 3.8) is 0 Å². The summed E-state index contributed by atoms with van der Waals surface area (Å²) in [7, 11) is 0. The molecule has 0 spiro atoms. The highest BCUT2D eigenvalue weighted by atomic mass is 19.4. The lowest BCUT2D eigenvalue weighted by atomic mass is 9.95. The molecule has 0 aromatic rings. The second kappa shape index (κ2) is 3.49. The molecule has 0 saturated heterocycles. The number of hydrogen-bond donors (Lipinski definition) is 1. The van der Waals surface area contributed by atoms with Crippen LogP contribution in [0.3, 0.4) is 0 Å². The average Bonchev–Trinajstić information content (AvgIpc) is 2.02. The summed E-state index contributed by atoms with van der Waals surface area (Å²) in [5, 5.41) is 0. The molecule has 1 aliphatic carbocycles. The zero-order valence-electron chi connectivity index (χ0n) is 6.74. The van der Waals surface area contributed by atoms with Gasteiger partial charge in [0.05, 0.1) is 5.92 Å². The van der Waals surface area contributed by atoms with E-state index in [1.807, 2.05) is 0 Å². The molecule has 1 nitrogen and oxygen atoms in total. The molecule has 1 atom stereocenters. The van der Waals surface area contributed by atoms with E-state index in [9.17, 15) is 17.6 Å². The normalized spacial score (nSPS) is 23.9. The molecule has 1 rings (SSSR count). The third-order valence-electron chi connectivity index (χ3n) is 1.92. The van der Waals surface area contributed by atoms with Gasteiger partial charge in [0.15, 0.2) is 0 Å². The molecule has 1 unspecified atom stereocenters. The predicted octanol–water partition coefficient (Wildman–Crippen LogP) is 2.31. The monoisotopic (exact) mass is 195 g/mol. The molecule has 0 heterocycles. The molecule has 0 saturated carbocycles. The zero-order chi connectivity index (χ0) is 10.1. The van der Waals surface area contributed by atoms with Gasteiger partial charge in [-0.2, -0.15) is 13.2 Å². The Morgan fingerprint density at radius 2 is 2.08 bits per heavy atom. The first-order valence-corrected chi connectivity index (χ1v) is 3.77. The number of allylic oxidation sites excluding steroid dienone is 2. The third-order valence-corrected chi connectivity index (χ3v) is 1.92. The summed E-state index contributed by atoms with van der Waals surface area (Å²) in [6.07, 6.45) is -2.93. The van der Waals surface area contributed by atoms with Crippen molar-refractivity contribution in [3.8, 4) is 0 Å². The maximum atomic E-state index is 12.9. The average molecular weight is 195 g/mol. The van der Waals surface area contributed by atoms with Crippen LogP contribution in [0.5, 0.6) is 0 Å². The molecule has 0 bridgehead atoms. The molecule has 74 valence electrons. The van der Waals surface area contributed by atoms with E-state index >= 15 is 0 Å². The van der Waals surface area contributed by atoms with Crippen molar-refractivity contribution < 1.29 is 17.6 Å². The van der Waals surface area contributed by atoms with E-state index in [0.717, 1.165) is 12.2 Å². The smallest absolute Gasteiger partial charge is 0.326 e. The maximum absolute atomic E-state index is 12.9. The van der Waals surface area contributed by atoms with Crippen molar-refractivity contribution in [3.05, 3.63) is 23.6 Å². The van der Waals surface area contributed by atoms with Gasteiger partial charge in [0, 0.05) is 13.0 Å². The van der Waals surface area contributed by atoms with Gasteiger partial charge in [0.25, 0.3) is 0 Å². The fourth-order valence-electron chi connectivity index (χ4n) is 1.12. The van der Waals surface area contributed by atoms with Crippen molar-refractivity contribution in [1.82, 2.24) is 0 Å². The van der Waals surface area contributed by atoms with Gasteiger partial charge in [-0.1, -0.05) is 12.2 Å².